The quantitative estimate of drug-likeness (QED) is 0.761. The van der Waals surface area contributed by atoms with Gasteiger partial charge < -0.3 is 4.52 Å². The van der Waals surface area contributed by atoms with Gasteiger partial charge in [0.25, 0.3) is 0 Å². The van der Waals surface area contributed by atoms with Crippen LogP contribution in [-0.2, 0) is 0 Å². The van der Waals surface area contributed by atoms with E-state index >= 15 is 0 Å². The minimum absolute atomic E-state index is 0.175. The average molecular weight is 244 g/mol. The Morgan fingerprint density at radius 2 is 1.94 bits per heavy atom. The summed E-state index contributed by atoms with van der Waals surface area (Å²) in [6.45, 7) is 0. The fraction of sp³-hybridized carbons (Fsp3) is 0. The molecule has 1 heterocycles. The Hall–Kier alpha value is -1.75. The molecule has 0 bridgehead atoms. The fourth-order valence-electron chi connectivity index (χ4n) is 1.28. The smallest absolute Gasteiger partial charge is 0.237 e. The summed E-state index contributed by atoms with van der Waals surface area (Å²) in [5, 5.41) is 3.06. The molecule has 0 unspecified atom stereocenters. The third-order valence-corrected chi connectivity index (χ3v) is 2.27. The van der Waals surface area contributed by atoms with Gasteiger partial charge in [0.05, 0.1) is 5.56 Å². The van der Waals surface area contributed by atoms with E-state index in [1.807, 2.05) is 0 Å². The normalized spacial score (nSPS) is 10.4. The first-order valence-electron chi connectivity index (χ1n) is 4.20. The van der Waals surface area contributed by atoms with E-state index in [0.29, 0.717) is 6.29 Å². The molecule has 1 aromatic heterocycles. The van der Waals surface area contributed by atoms with Crippen molar-refractivity contribution >= 4 is 17.9 Å². The molecule has 0 amide bonds. The lowest BCUT2D eigenvalue weighted by atomic mass is 10.1. The summed E-state index contributed by atoms with van der Waals surface area (Å²) in [4.78, 5) is 10.7. The van der Waals surface area contributed by atoms with Crippen LogP contribution in [0.1, 0.15) is 10.4 Å². The lowest BCUT2D eigenvalue weighted by Gasteiger charge is -2.00. The van der Waals surface area contributed by atoms with Crippen molar-refractivity contribution in [3.63, 3.8) is 0 Å². The van der Waals surface area contributed by atoms with Crippen LogP contribution in [0, 0.1) is 11.6 Å². The molecule has 2 aromatic rings. The third kappa shape index (κ3) is 1.59. The van der Waals surface area contributed by atoms with Gasteiger partial charge >= 0.3 is 0 Å². The average Bonchev–Trinajstić information content (AvgIpc) is 2.59. The van der Waals surface area contributed by atoms with E-state index in [9.17, 15) is 13.6 Å². The summed E-state index contributed by atoms with van der Waals surface area (Å²) in [5.74, 6) is -1.68. The van der Waals surface area contributed by atoms with Crippen LogP contribution < -0.4 is 0 Å². The van der Waals surface area contributed by atoms with Crippen molar-refractivity contribution in [2.24, 2.45) is 0 Å². The lowest BCUT2D eigenvalue weighted by Crippen LogP contribution is -1.93. The standard InChI is InChI=1S/C10H4ClF2NO2/c11-10-5(4-15)9(14-16-10)8-6(12)2-1-3-7(8)13/h1-4H. The van der Waals surface area contributed by atoms with Crippen LogP contribution in [0.5, 0.6) is 0 Å². The highest BCUT2D eigenvalue weighted by molar-refractivity contribution is 6.31. The van der Waals surface area contributed by atoms with Gasteiger partial charge in [0.1, 0.15) is 22.9 Å². The maximum Gasteiger partial charge on any atom is 0.237 e. The number of rotatable bonds is 2. The molecule has 0 aliphatic carbocycles. The molecule has 0 saturated carbocycles. The molecule has 0 saturated heterocycles. The lowest BCUT2D eigenvalue weighted by molar-refractivity contribution is 0.112. The zero-order chi connectivity index (χ0) is 11.7. The van der Waals surface area contributed by atoms with Crippen molar-refractivity contribution in [3.8, 4) is 11.3 Å². The van der Waals surface area contributed by atoms with E-state index in [1.54, 1.807) is 0 Å². The number of aldehydes is 1. The highest BCUT2D eigenvalue weighted by Crippen LogP contribution is 2.30. The van der Waals surface area contributed by atoms with E-state index in [4.69, 9.17) is 11.6 Å². The molecule has 3 nitrogen and oxygen atoms in total. The Balaban J connectivity index is 2.72. The molecule has 6 heteroatoms. The van der Waals surface area contributed by atoms with Crippen LogP contribution in [0.4, 0.5) is 8.78 Å². The first-order chi connectivity index (χ1) is 7.65. The van der Waals surface area contributed by atoms with Crippen molar-refractivity contribution in [3.05, 3.63) is 40.6 Å². The molecule has 0 spiro atoms. The van der Waals surface area contributed by atoms with Gasteiger partial charge in [-0.2, -0.15) is 0 Å². The summed E-state index contributed by atoms with van der Waals surface area (Å²) in [5.41, 5.74) is -0.846. The maximum absolute atomic E-state index is 13.4. The molecule has 0 atom stereocenters. The Morgan fingerprint density at radius 3 is 2.50 bits per heavy atom. The molecule has 1 aromatic carbocycles. The van der Waals surface area contributed by atoms with Crippen molar-refractivity contribution in [2.75, 3.05) is 0 Å². The first-order valence-corrected chi connectivity index (χ1v) is 4.57. The number of halogens is 3. The zero-order valence-corrected chi connectivity index (χ0v) is 8.46. The van der Waals surface area contributed by atoms with Crippen molar-refractivity contribution < 1.29 is 18.1 Å². The monoisotopic (exact) mass is 243 g/mol. The first kappa shape index (κ1) is 10.8. The number of hydrogen-bond donors (Lipinski definition) is 0. The van der Waals surface area contributed by atoms with Gasteiger partial charge in [0, 0.05) is 0 Å². The molecule has 0 fully saturated rings. The van der Waals surface area contributed by atoms with Gasteiger partial charge in [0.2, 0.25) is 5.22 Å². The van der Waals surface area contributed by atoms with Crippen LogP contribution in [0.3, 0.4) is 0 Å². The molecule has 0 aliphatic rings. The number of carbonyl (C=O) groups is 1. The minimum Gasteiger partial charge on any atom is -0.343 e. The molecule has 0 N–H and O–H groups in total. The van der Waals surface area contributed by atoms with Gasteiger partial charge in [0.15, 0.2) is 6.29 Å². The highest BCUT2D eigenvalue weighted by atomic mass is 35.5. The Bertz CT molecular complexity index is 533. The summed E-state index contributed by atoms with van der Waals surface area (Å²) >= 11 is 5.49. The molecule has 0 aliphatic heterocycles. The molecular weight excluding hydrogens is 240 g/mol. The Morgan fingerprint density at radius 1 is 1.31 bits per heavy atom. The fourth-order valence-corrected chi connectivity index (χ4v) is 1.45. The topological polar surface area (TPSA) is 43.1 Å². The van der Waals surface area contributed by atoms with Gasteiger partial charge in [-0.3, -0.25) is 4.79 Å². The molecule has 0 radical (unpaired) electrons. The molecule has 16 heavy (non-hydrogen) atoms. The predicted octanol–water partition coefficient (Wildman–Crippen LogP) is 3.09. The molecule has 2 rings (SSSR count). The number of aromatic nitrogens is 1. The summed E-state index contributed by atoms with van der Waals surface area (Å²) in [7, 11) is 0. The van der Waals surface area contributed by atoms with Crippen molar-refractivity contribution in [1.82, 2.24) is 5.16 Å². The van der Waals surface area contributed by atoms with Crippen LogP contribution >= 0.6 is 11.6 Å². The van der Waals surface area contributed by atoms with Gasteiger partial charge in [-0.25, -0.2) is 8.78 Å². The van der Waals surface area contributed by atoms with Crippen LogP contribution in [-0.4, -0.2) is 11.4 Å². The highest BCUT2D eigenvalue weighted by Gasteiger charge is 2.21. The third-order valence-electron chi connectivity index (χ3n) is 2.00. The summed E-state index contributed by atoms with van der Waals surface area (Å²) in [6.07, 6.45) is 0.333. The second-order valence-corrected chi connectivity index (χ2v) is 3.28. The van der Waals surface area contributed by atoms with Crippen LogP contribution in [0.15, 0.2) is 22.7 Å². The van der Waals surface area contributed by atoms with E-state index in [0.717, 1.165) is 12.1 Å². The maximum atomic E-state index is 13.4. The SMILES string of the molecule is O=Cc1c(-c2c(F)cccc2F)noc1Cl. The van der Waals surface area contributed by atoms with Crippen molar-refractivity contribution in [2.45, 2.75) is 0 Å². The van der Waals surface area contributed by atoms with Crippen LogP contribution in [0.2, 0.25) is 5.22 Å². The Kier molecular flexibility index (Phi) is 2.70. The molecule has 82 valence electrons. The van der Waals surface area contributed by atoms with E-state index in [2.05, 4.69) is 9.68 Å². The number of hydrogen-bond acceptors (Lipinski definition) is 3. The summed E-state index contributed by atoms with van der Waals surface area (Å²) < 4.78 is 31.3. The van der Waals surface area contributed by atoms with Gasteiger partial charge in [-0.1, -0.05) is 11.2 Å². The second-order valence-electron chi connectivity index (χ2n) is 2.93. The molecular formula is C10H4ClF2NO2. The van der Waals surface area contributed by atoms with E-state index in [1.165, 1.54) is 6.07 Å². The number of nitrogens with zero attached hydrogens (tertiary/aromatic N) is 1. The van der Waals surface area contributed by atoms with Crippen molar-refractivity contribution in [1.29, 1.82) is 0 Å². The van der Waals surface area contributed by atoms with Gasteiger partial charge in [-0.05, 0) is 23.7 Å². The Labute approximate surface area is 93.6 Å². The second kappa shape index (κ2) is 4.02. The van der Waals surface area contributed by atoms with Crippen LogP contribution in [0.25, 0.3) is 11.3 Å². The minimum atomic E-state index is -0.840. The predicted molar refractivity (Wildman–Crippen MR) is 52.3 cm³/mol. The number of carbonyl (C=O) groups excluding carboxylic acids is 1. The summed E-state index contributed by atoms with van der Waals surface area (Å²) in [6, 6.07) is 3.31. The van der Waals surface area contributed by atoms with E-state index in [-0.39, 0.29) is 16.5 Å². The van der Waals surface area contributed by atoms with Gasteiger partial charge in [-0.15, -0.1) is 0 Å². The zero-order valence-electron chi connectivity index (χ0n) is 7.71. The largest absolute Gasteiger partial charge is 0.343 e. The van der Waals surface area contributed by atoms with E-state index < -0.39 is 17.2 Å². The number of benzene rings is 1.